The molecule has 29 heavy (non-hydrogen) atoms. The van der Waals surface area contributed by atoms with Gasteiger partial charge in [0.2, 0.25) is 10.0 Å². The van der Waals surface area contributed by atoms with Crippen molar-refractivity contribution in [3.8, 4) is 0 Å². The number of nitrogens with one attached hydrogen (secondary N) is 2. The van der Waals surface area contributed by atoms with Crippen LogP contribution in [0.3, 0.4) is 0 Å². The van der Waals surface area contributed by atoms with Crippen molar-refractivity contribution in [3.63, 3.8) is 0 Å². The van der Waals surface area contributed by atoms with Crippen LogP contribution in [-0.2, 0) is 19.5 Å². The SMILES string of the molecule is COCC(C)NC(=S)Nc1cc(S(=O)(=O)N2CCOCC2)ccc1N1CCCC1. The molecule has 1 atom stereocenters. The van der Waals surface area contributed by atoms with E-state index in [4.69, 9.17) is 21.7 Å². The van der Waals surface area contributed by atoms with Crippen molar-refractivity contribution in [2.45, 2.75) is 30.7 Å². The fourth-order valence-electron chi connectivity index (χ4n) is 3.62. The number of hydrogen-bond acceptors (Lipinski definition) is 6. The molecule has 2 aliphatic heterocycles. The molecule has 1 aromatic carbocycles. The monoisotopic (exact) mass is 442 g/mol. The number of benzene rings is 1. The molecule has 2 heterocycles. The fraction of sp³-hybridized carbons (Fsp3) is 0.632. The van der Waals surface area contributed by atoms with Crippen LogP contribution in [0.2, 0.25) is 0 Å². The second kappa shape index (κ2) is 10.0. The van der Waals surface area contributed by atoms with E-state index in [-0.39, 0.29) is 10.9 Å². The molecule has 3 rings (SSSR count). The summed E-state index contributed by atoms with van der Waals surface area (Å²) in [6.45, 7) is 5.96. The van der Waals surface area contributed by atoms with Crippen molar-refractivity contribution in [2.75, 3.05) is 63.3 Å². The summed E-state index contributed by atoms with van der Waals surface area (Å²) in [5.41, 5.74) is 1.66. The zero-order valence-corrected chi connectivity index (χ0v) is 18.7. The molecular formula is C19H30N4O4S2. The molecule has 1 aromatic rings. The molecule has 2 saturated heterocycles. The number of methoxy groups -OCH3 is 1. The van der Waals surface area contributed by atoms with E-state index < -0.39 is 10.0 Å². The number of ether oxygens (including phenoxy) is 2. The molecule has 0 radical (unpaired) electrons. The van der Waals surface area contributed by atoms with Gasteiger partial charge in [-0.05, 0) is 50.2 Å². The van der Waals surface area contributed by atoms with Crippen molar-refractivity contribution < 1.29 is 17.9 Å². The normalized spacial score (nSPS) is 19.2. The van der Waals surface area contributed by atoms with Gasteiger partial charge >= 0.3 is 0 Å². The summed E-state index contributed by atoms with van der Waals surface area (Å²) in [6, 6.07) is 5.29. The van der Waals surface area contributed by atoms with Gasteiger partial charge in [0.1, 0.15) is 0 Å². The molecule has 0 amide bonds. The van der Waals surface area contributed by atoms with Crippen LogP contribution in [0.15, 0.2) is 23.1 Å². The number of nitrogens with zero attached hydrogens (tertiary/aromatic N) is 2. The largest absolute Gasteiger partial charge is 0.383 e. The maximum Gasteiger partial charge on any atom is 0.243 e. The highest BCUT2D eigenvalue weighted by Gasteiger charge is 2.28. The summed E-state index contributed by atoms with van der Waals surface area (Å²) < 4.78 is 38.1. The summed E-state index contributed by atoms with van der Waals surface area (Å²) in [5.74, 6) is 0. The van der Waals surface area contributed by atoms with Gasteiger partial charge in [0.25, 0.3) is 0 Å². The first-order valence-corrected chi connectivity index (χ1v) is 11.8. The van der Waals surface area contributed by atoms with Crippen LogP contribution in [0.25, 0.3) is 0 Å². The minimum atomic E-state index is -3.58. The second-order valence-electron chi connectivity index (χ2n) is 7.34. The zero-order chi connectivity index (χ0) is 20.9. The highest BCUT2D eigenvalue weighted by atomic mass is 32.2. The molecule has 0 saturated carbocycles. The predicted octanol–water partition coefficient (Wildman–Crippen LogP) is 1.63. The van der Waals surface area contributed by atoms with E-state index in [2.05, 4.69) is 15.5 Å². The lowest BCUT2D eigenvalue weighted by Gasteiger charge is -2.27. The quantitative estimate of drug-likeness (QED) is 0.617. The molecule has 8 nitrogen and oxygen atoms in total. The molecule has 0 spiro atoms. The number of anilines is 2. The van der Waals surface area contributed by atoms with Crippen LogP contribution in [0.5, 0.6) is 0 Å². The summed E-state index contributed by atoms with van der Waals surface area (Å²) in [5, 5.41) is 6.82. The molecule has 1 unspecified atom stereocenters. The van der Waals surface area contributed by atoms with Crippen LogP contribution in [0, 0.1) is 0 Å². The van der Waals surface area contributed by atoms with Gasteiger partial charge in [-0.25, -0.2) is 8.42 Å². The lowest BCUT2D eigenvalue weighted by molar-refractivity contribution is 0.0730. The molecular weight excluding hydrogens is 412 g/mol. The number of thiocarbonyl (C=S) groups is 1. The van der Waals surface area contributed by atoms with Crippen molar-refractivity contribution >= 4 is 38.7 Å². The van der Waals surface area contributed by atoms with E-state index in [0.717, 1.165) is 31.6 Å². The van der Waals surface area contributed by atoms with Crippen molar-refractivity contribution in [1.82, 2.24) is 9.62 Å². The Morgan fingerprint density at radius 3 is 2.59 bits per heavy atom. The molecule has 0 aromatic heterocycles. The Kier molecular flexibility index (Phi) is 7.69. The van der Waals surface area contributed by atoms with Gasteiger partial charge in [-0.15, -0.1) is 0 Å². The lowest BCUT2D eigenvalue weighted by atomic mass is 10.2. The summed E-state index contributed by atoms with van der Waals surface area (Å²) >= 11 is 5.45. The number of rotatable bonds is 7. The first-order valence-electron chi connectivity index (χ1n) is 9.95. The van der Waals surface area contributed by atoms with Crippen LogP contribution >= 0.6 is 12.2 Å². The van der Waals surface area contributed by atoms with Gasteiger partial charge in [0.15, 0.2) is 5.11 Å². The third kappa shape index (κ3) is 5.58. The Hall–Kier alpha value is -1.46. The summed E-state index contributed by atoms with van der Waals surface area (Å²) in [6.07, 6.45) is 2.25. The minimum absolute atomic E-state index is 0.0375. The van der Waals surface area contributed by atoms with Crippen molar-refractivity contribution in [1.29, 1.82) is 0 Å². The Morgan fingerprint density at radius 2 is 1.93 bits per heavy atom. The Bertz CT molecular complexity index is 806. The van der Waals surface area contributed by atoms with Gasteiger partial charge < -0.3 is 25.0 Å². The topological polar surface area (TPSA) is 83.1 Å². The molecule has 0 aliphatic carbocycles. The molecule has 0 bridgehead atoms. The predicted molar refractivity (Wildman–Crippen MR) is 118 cm³/mol. The molecule has 2 N–H and O–H groups in total. The Labute approximate surface area is 178 Å². The van der Waals surface area contributed by atoms with Crippen molar-refractivity contribution in [3.05, 3.63) is 18.2 Å². The van der Waals surface area contributed by atoms with Gasteiger partial charge in [-0.2, -0.15) is 4.31 Å². The zero-order valence-electron chi connectivity index (χ0n) is 17.0. The lowest BCUT2D eigenvalue weighted by Crippen LogP contribution is -2.40. The second-order valence-corrected chi connectivity index (χ2v) is 9.69. The van der Waals surface area contributed by atoms with E-state index in [1.54, 1.807) is 19.2 Å². The minimum Gasteiger partial charge on any atom is -0.383 e. The maximum atomic E-state index is 13.1. The number of sulfonamides is 1. The highest BCUT2D eigenvalue weighted by molar-refractivity contribution is 7.89. The highest BCUT2D eigenvalue weighted by Crippen LogP contribution is 2.32. The first-order chi connectivity index (χ1) is 13.9. The molecule has 10 heteroatoms. The van der Waals surface area contributed by atoms with Crippen LogP contribution < -0.4 is 15.5 Å². The third-order valence-electron chi connectivity index (χ3n) is 5.06. The molecule has 162 valence electrons. The average Bonchev–Trinajstić information content (AvgIpc) is 3.23. The van der Waals surface area contributed by atoms with Crippen LogP contribution in [-0.4, -0.2) is 77.0 Å². The van der Waals surface area contributed by atoms with E-state index in [9.17, 15) is 8.42 Å². The summed E-state index contributed by atoms with van der Waals surface area (Å²) in [7, 11) is -1.94. The standard InChI is InChI=1S/C19H30N4O4S2/c1-15(14-26-2)20-19(28)21-17-13-16(5-6-18(17)22-7-3-4-8-22)29(24,25)23-9-11-27-12-10-23/h5-6,13,15H,3-4,7-12,14H2,1-2H3,(H2,20,21,28). The van der Waals surface area contributed by atoms with E-state index in [1.165, 1.54) is 4.31 Å². The van der Waals surface area contributed by atoms with Crippen LogP contribution in [0.1, 0.15) is 19.8 Å². The van der Waals surface area contributed by atoms with Gasteiger partial charge in [0, 0.05) is 39.3 Å². The average molecular weight is 443 g/mol. The van der Waals surface area contributed by atoms with E-state index in [1.807, 2.05) is 13.0 Å². The smallest absolute Gasteiger partial charge is 0.243 e. The number of morpholine rings is 1. The molecule has 2 fully saturated rings. The molecule has 2 aliphatic rings. The van der Waals surface area contributed by atoms with Gasteiger partial charge in [0.05, 0.1) is 36.1 Å². The fourth-order valence-corrected chi connectivity index (χ4v) is 5.37. The van der Waals surface area contributed by atoms with Crippen LogP contribution in [0.4, 0.5) is 11.4 Å². The first kappa shape index (κ1) is 22.2. The third-order valence-corrected chi connectivity index (χ3v) is 7.18. The van der Waals surface area contributed by atoms with Crippen molar-refractivity contribution in [2.24, 2.45) is 0 Å². The van der Waals surface area contributed by atoms with Gasteiger partial charge in [-0.1, -0.05) is 0 Å². The van der Waals surface area contributed by atoms with E-state index in [0.29, 0.717) is 43.7 Å². The summed E-state index contributed by atoms with van der Waals surface area (Å²) in [4.78, 5) is 2.52. The number of hydrogen-bond donors (Lipinski definition) is 2. The Balaban J connectivity index is 1.86. The maximum absolute atomic E-state index is 13.1. The van der Waals surface area contributed by atoms with Gasteiger partial charge in [-0.3, -0.25) is 0 Å². The Morgan fingerprint density at radius 1 is 1.24 bits per heavy atom. The van der Waals surface area contributed by atoms with E-state index >= 15 is 0 Å².